The smallest absolute Gasteiger partial charge is 0.0928 e. The first-order chi connectivity index (χ1) is 6.35. The quantitative estimate of drug-likeness (QED) is 0.445. The van der Waals surface area contributed by atoms with E-state index in [-0.39, 0.29) is 6.10 Å². The first-order valence-electron chi connectivity index (χ1n) is 4.51. The third-order valence-electron chi connectivity index (χ3n) is 1.73. The van der Waals surface area contributed by atoms with Crippen LogP contribution in [0.4, 0.5) is 0 Å². The Morgan fingerprint density at radius 2 is 2.23 bits per heavy atom. The second-order valence-corrected chi connectivity index (χ2v) is 2.82. The summed E-state index contributed by atoms with van der Waals surface area (Å²) in [6.45, 7) is 2.38. The predicted molar refractivity (Wildman–Crippen MR) is 53.6 cm³/mol. The van der Waals surface area contributed by atoms with Gasteiger partial charge in [-0.15, -0.1) is 12.3 Å². The lowest BCUT2D eigenvalue weighted by atomic mass is 10.3. The lowest BCUT2D eigenvalue weighted by Gasteiger charge is -2.14. The van der Waals surface area contributed by atoms with E-state index in [4.69, 9.17) is 15.9 Å². The van der Waals surface area contributed by atoms with E-state index >= 15 is 0 Å². The van der Waals surface area contributed by atoms with E-state index in [1.807, 2.05) is 0 Å². The summed E-state index contributed by atoms with van der Waals surface area (Å²) in [5, 5.41) is 3.26. The Kier molecular flexibility index (Phi) is 9.12. The van der Waals surface area contributed by atoms with Crippen molar-refractivity contribution in [3.05, 3.63) is 0 Å². The van der Waals surface area contributed by atoms with Crippen LogP contribution >= 0.6 is 0 Å². The maximum absolute atomic E-state index is 5.17. The summed E-state index contributed by atoms with van der Waals surface area (Å²) in [5.41, 5.74) is 0. The van der Waals surface area contributed by atoms with Gasteiger partial charge >= 0.3 is 0 Å². The molecule has 13 heavy (non-hydrogen) atoms. The number of ether oxygens (including phenoxy) is 2. The van der Waals surface area contributed by atoms with Gasteiger partial charge in [0.25, 0.3) is 0 Å². The van der Waals surface area contributed by atoms with E-state index in [1.165, 1.54) is 0 Å². The monoisotopic (exact) mass is 185 g/mol. The molecule has 3 heteroatoms. The largest absolute Gasteiger partial charge is 0.382 e. The van der Waals surface area contributed by atoms with E-state index < -0.39 is 0 Å². The zero-order valence-electron chi connectivity index (χ0n) is 8.51. The van der Waals surface area contributed by atoms with Crippen LogP contribution in [-0.4, -0.2) is 40.0 Å². The second kappa shape index (κ2) is 9.53. The number of unbranched alkanes of at least 4 members (excludes halogenated alkanes) is 1. The SMILES string of the molecule is C#CCCCNCC(COC)OC. The Bertz CT molecular complexity index is 142. The minimum atomic E-state index is 0.135. The molecule has 0 aromatic rings. The summed E-state index contributed by atoms with van der Waals surface area (Å²) in [5.74, 6) is 2.60. The van der Waals surface area contributed by atoms with Gasteiger partial charge in [-0.2, -0.15) is 0 Å². The summed E-state index contributed by atoms with van der Waals surface area (Å²) in [4.78, 5) is 0. The van der Waals surface area contributed by atoms with Gasteiger partial charge in [0.1, 0.15) is 0 Å². The van der Waals surface area contributed by atoms with Gasteiger partial charge in [-0.25, -0.2) is 0 Å². The molecule has 0 bridgehead atoms. The fourth-order valence-electron chi connectivity index (χ4n) is 0.975. The number of hydrogen-bond donors (Lipinski definition) is 1. The molecular weight excluding hydrogens is 166 g/mol. The van der Waals surface area contributed by atoms with Gasteiger partial charge in [-0.3, -0.25) is 0 Å². The molecule has 0 aromatic heterocycles. The van der Waals surface area contributed by atoms with Gasteiger partial charge < -0.3 is 14.8 Å². The summed E-state index contributed by atoms with van der Waals surface area (Å²) in [7, 11) is 3.36. The fraction of sp³-hybridized carbons (Fsp3) is 0.800. The molecule has 1 unspecified atom stereocenters. The van der Waals surface area contributed by atoms with Crippen molar-refractivity contribution in [1.29, 1.82) is 0 Å². The topological polar surface area (TPSA) is 30.5 Å². The highest BCUT2D eigenvalue weighted by atomic mass is 16.5. The minimum absolute atomic E-state index is 0.135. The van der Waals surface area contributed by atoms with E-state index in [2.05, 4.69) is 11.2 Å². The second-order valence-electron chi connectivity index (χ2n) is 2.82. The molecule has 0 radical (unpaired) electrons. The van der Waals surface area contributed by atoms with Crippen molar-refractivity contribution in [1.82, 2.24) is 5.32 Å². The maximum atomic E-state index is 5.17. The molecule has 0 spiro atoms. The highest BCUT2D eigenvalue weighted by Gasteiger charge is 2.04. The molecule has 0 saturated carbocycles. The van der Waals surface area contributed by atoms with Crippen LogP contribution in [0.5, 0.6) is 0 Å². The molecular formula is C10H19NO2. The average molecular weight is 185 g/mol. The number of nitrogens with one attached hydrogen (secondary N) is 1. The van der Waals surface area contributed by atoms with Crippen molar-refractivity contribution in [2.45, 2.75) is 18.9 Å². The van der Waals surface area contributed by atoms with Crippen LogP contribution in [0.2, 0.25) is 0 Å². The highest BCUT2D eigenvalue weighted by molar-refractivity contribution is 4.83. The van der Waals surface area contributed by atoms with Crippen molar-refractivity contribution >= 4 is 0 Å². The lowest BCUT2D eigenvalue weighted by Crippen LogP contribution is -2.32. The molecule has 0 aliphatic carbocycles. The van der Waals surface area contributed by atoms with Crippen molar-refractivity contribution in [3.8, 4) is 12.3 Å². The molecule has 0 heterocycles. The van der Waals surface area contributed by atoms with Gasteiger partial charge in [-0.05, 0) is 13.0 Å². The van der Waals surface area contributed by atoms with Gasteiger partial charge in [0, 0.05) is 27.2 Å². The van der Waals surface area contributed by atoms with E-state index in [0.29, 0.717) is 6.61 Å². The zero-order valence-corrected chi connectivity index (χ0v) is 8.51. The molecule has 1 N–H and O–H groups in total. The highest BCUT2D eigenvalue weighted by Crippen LogP contribution is 1.89. The van der Waals surface area contributed by atoms with E-state index in [1.54, 1.807) is 14.2 Å². The Morgan fingerprint density at radius 1 is 1.46 bits per heavy atom. The molecule has 0 fully saturated rings. The van der Waals surface area contributed by atoms with E-state index in [9.17, 15) is 0 Å². The summed E-state index contributed by atoms with van der Waals surface area (Å²) >= 11 is 0. The van der Waals surface area contributed by atoms with Crippen LogP contribution in [0.1, 0.15) is 12.8 Å². The summed E-state index contributed by atoms with van der Waals surface area (Å²) < 4.78 is 10.1. The first kappa shape index (κ1) is 12.4. The van der Waals surface area contributed by atoms with Crippen LogP contribution in [-0.2, 0) is 9.47 Å². The molecule has 0 aliphatic rings. The molecule has 0 aromatic carbocycles. The normalized spacial score (nSPS) is 12.4. The zero-order chi connectivity index (χ0) is 9.94. The number of rotatable bonds is 8. The molecule has 0 rings (SSSR count). The van der Waals surface area contributed by atoms with Crippen molar-refractivity contribution < 1.29 is 9.47 Å². The third-order valence-corrected chi connectivity index (χ3v) is 1.73. The van der Waals surface area contributed by atoms with Crippen molar-refractivity contribution in [3.63, 3.8) is 0 Å². The summed E-state index contributed by atoms with van der Waals surface area (Å²) in [6, 6.07) is 0. The fourth-order valence-corrected chi connectivity index (χ4v) is 0.975. The lowest BCUT2D eigenvalue weighted by molar-refractivity contribution is 0.0290. The van der Waals surface area contributed by atoms with Gasteiger partial charge in [-0.1, -0.05) is 0 Å². The van der Waals surface area contributed by atoms with Gasteiger partial charge in [0.2, 0.25) is 0 Å². The van der Waals surface area contributed by atoms with E-state index in [0.717, 1.165) is 25.9 Å². The number of methoxy groups -OCH3 is 2. The molecule has 0 amide bonds. The third kappa shape index (κ3) is 7.79. The Balaban J connectivity index is 3.23. The Morgan fingerprint density at radius 3 is 2.77 bits per heavy atom. The molecule has 1 atom stereocenters. The predicted octanol–water partition coefficient (Wildman–Crippen LogP) is 0.651. The van der Waals surface area contributed by atoms with Gasteiger partial charge in [0.15, 0.2) is 0 Å². The molecule has 3 nitrogen and oxygen atoms in total. The molecule has 0 saturated heterocycles. The van der Waals surface area contributed by atoms with Crippen LogP contribution in [0, 0.1) is 12.3 Å². The number of terminal acetylenes is 1. The first-order valence-corrected chi connectivity index (χ1v) is 4.51. The number of hydrogen-bond acceptors (Lipinski definition) is 3. The maximum Gasteiger partial charge on any atom is 0.0928 e. The Labute approximate surface area is 80.8 Å². The van der Waals surface area contributed by atoms with Crippen LogP contribution in [0.3, 0.4) is 0 Å². The minimum Gasteiger partial charge on any atom is -0.382 e. The van der Waals surface area contributed by atoms with Gasteiger partial charge in [0.05, 0.1) is 12.7 Å². The van der Waals surface area contributed by atoms with Crippen molar-refractivity contribution in [2.24, 2.45) is 0 Å². The van der Waals surface area contributed by atoms with Crippen LogP contribution in [0.25, 0.3) is 0 Å². The van der Waals surface area contributed by atoms with Crippen molar-refractivity contribution in [2.75, 3.05) is 33.9 Å². The average Bonchev–Trinajstić information content (AvgIpc) is 2.16. The molecule has 76 valence electrons. The Hall–Kier alpha value is -0.560. The summed E-state index contributed by atoms with van der Waals surface area (Å²) in [6.07, 6.45) is 7.10. The van der Waals surface area contributed by atoms with Crippen LogP contribution in [0.15, 0.2) is 0 Å². The standard InChI is InChI=1S/C10H19NO2/c1-4-5-6-7-11-8-10(13-3)9-12-2/h1,10-11H,5-9H2,2-3H3. The molecule has 0 aliphatic heterocycles. The van der Waals surface area contributed by atoms with Crippen LogP contribution < -0.4 is 5.32 Å².